The van der Waals surface area contributed by atoms with Gasteiger partial charge in [-0.25, -0.2) is 0 Å². The molecule has 38 heavy (non-hydrogen) atoms. The van der Waals surface area contributed by atoms with Crippen molar-refractivity contribution in [3.8, 4) is 5.75 Å². The maximum Gasteiger partial charge on any atom is 0.323 e. The molecule has 1 unspecified atom stereocenters. The molecule has 4 rings (SSSR count). The molecule has 0 amide bonds. The molecule has 0 bridgehead atoms. The minimum atomic E-state index is -0.306. The van der Waals surface area contributed by atoms with Crippen molar-refractivity contribution >= 4 is 17.7 Å². The molecule has 1 heterocycles. The number of esters is 1. The van der Waals surface area contributed by atoms with Crippen LogP contribution in [0.3, 0.4) is 0 Å². The van der Waals surface area contributed by atoms with Crippen molar-refractivity contribution in [3.05, 3.63) is 112 Å². The highest BCUT2D eigenvalue weighted by Gasteiger charge is 2.26. The molecule has 1 atom stereocenters. The molecule has 2 aliphatic rings. The summed E-state index contributed by atoms with van der Waals surface area (Å²) in [6.07, 6.45) is 13.8. The summed E-state index contributed by atoms with van der Waals surface area (Å²) in [6.45, 7) is 6.92. The maximum absolute atomic E-state index is 12.8. The van der Waals surface area contributed by atoms with Gasteiger partial charge in [-0.1, -0.05) is 79.4 Å². The molecule has 0 aromatic heterocycles. The first-order chi connectivity index (χ1) is 18.7. The first-order valence-corrected chi connectivity index (χ1v) is 14.4. The van der Waals surface area contributed by atoms with Crippen molar-refractivity contribution < 1.29 is 14.3 Å². The summed E-state index contributed by atoms with van der Waals surface area (Å²) in [4.78, 5) is 18.5. The van der Waals surface area contributed by atoms with Crippen LogP contribution < -0.4 is 4.74 Å². The Morgan fingerprint density at radius 1 is 1.08 bits per heavy atom. The van der Waals surface area contributed by atoms with Gasteiger partial charge in [0.25, 0.3) is 0 Å². The Bertz CT molecular complexity index is 1170. The van der Waals surface area contributed by atoms with Gasteiger partial charge >= 0.3 is 5.97 Å². The minimum absolute atomic E-state index is 0.168. The summed E-state index contributed by atoms with van der Waals surface area (Å²) in [7, 11) is 0. The quantitative estimate of drug-likeness (QED) is 0.259. The van der Waals surface area contributed by atoms with E-state index in [0.29, 0.717) is 32.7 Å². The van der Waals surface area contributed by atoms with E-state index in [1.54, 1.807) is 11.8 Å². The molecule has 1 aliphatic heterocycles. The fourth-order valence-electron chi connectivity index (χ4n) is 4.66. The van der Waals surface area contributed by atoms with Crippen LogP contribution >= 0.6 is 11.8 Å². The van der Waals surface area contributed by atoms with E-state index < -0.39 is 0 Å². The average molecular weight is 531 g/mol. The lowest BCUT2D eigenvalue weighted by Crippen LogP contribution is -2.41. The van der Waals surface area contributed by atoms with Gasteiger partial charge in [-0.2, -0.15) is 0 Å². The molecule has 0 radical (unpaired) electrons. The zero-order chi connectivity index (χ0) is 26.6. The Kier molecular flexibility index (Phi) is 10.7. The lowest BCUT2D eigenvalue weighted by atomic mass is 10.1. The van der Waals surface area contributed by atoms with Gasteiger partial charge in [-0.3, -0.25) is 9.69 Å². The van der Waals surface area contributed by atoms with Crippen molar-refractivity contribution in [2.24, 2.45) is 0 Å². The van der Waals surface area contributed by atoms with Crippen LogP contribution in [-0.4, -0.2) is 41.6 Å². The van der Waals surface area contributed by atoms with Crippen molar-refractivity contribution in [1.29, 1.82) is 0 Å². The number of rotatable bonds is 13. The summed E-state index contributed by atoms with van der Waals surface area (Å²) in [6, 6.07) is 18.2. The second-order valence-electron chi connectivity index (χ2n) is 9.36. The normalized spacial score (nSPS) is 15.7. The molecule has 0 spiro atoms. The third kappa shape index (κ3) is 8.14. The first kappa shape index (κ1) is 27.8. The second-order valence-corrected chi connectivity index (χ2v) is 10.3. The molecule has 2 aromatic rings. The molecule has 0 saturated carbocycles. The van der Waals surface area contributed by atoms with Gasteiger partial charge in [0.1, 0.15) is 18.4 Å². The lowest BCUT2D eigenvalue weighted by molar-refractivity contribution is -0.150. The standard InChI is InChI=1S/C32H38N2O3S/c1-3-30(32(35)36-4-2)34(23-26-12-7-5-8-13-26)24-27-14-11-17-29(22-27)37-20-18-33-19-21-38-31(25-33)28-15-9-6-10-16-28/h5-9,11-15,17,19,21-22,25,30H,3-4,10,16,18,20,23-24H2,1-2H3. The van der Waals surface area contributed by atoms with Crippen LogP contribution in [-0.2, 0) is 22.6 Å². The van der Waals surface area contributed by atoms with Crippen LogP contribution in [0.2, 0.25) is 0 Å². The highest BCUT2D eigenvalue weighted by molar-refractivity contribution is 8.06. The topological polar surface area (TPSA) is 42.0 Å². The fourth-order valence-corrected chi connectivity index (χ4v) is 5.54. The second kappa shape index (κ2) is 14.6. The highest BCUT2D eigenvalue weighted by atomic mass is 32.2. The van der Waals surface area contributed by atoms with Crippen LogP contribution in [0.25, 0.3) is 0 Å². The van der Waals surface area contributed by atoms with E-state index in [1.807, 2.05) is 44.2 Å². The van der Waals surface area contributed by atoms with E-state index in [0.717, 1.165) is 30.7 Å². The van der Waals surface area contributed by atoms with Gasteiger partial charge < -0.3 is 14.4 Å². The zero-order valence-corrected chi connectivity index (χ0v) is 23.2. The molecule has 0 fully saturated rings. The van der Waals surface area contributed by atoms with Crippen molar-refractivity contribution in [2.45, 2.75) is 52.2 Å². The number of hydrogen-bond acceptors (Lipinski definition) is 6. The Morgan fingerprint density at radius 2 is 1.89 bits per heavy atom. The summed E-state index contributed by atoms with van der Waals surface area (Å²) in [5, 5.41) is 2.14. The Labute approximate surface area is 231 Å². The largest absolute Gasteiger partial charge is 0.492 e. The van der Waals surface area contributed by atoms with E-state index in [4.69, 9.17) is 9.47 Å². The van der Waals surface area contributed by atoms with E-state index >= 15 is 0 Å². The monoisotopic (exact) mass is 530 g/mol. The maximum atomic E-state index is 12.8. The Hall–Kier alpha value is -3.22. The number of hydrogen-bond donors (Lipinski definition) is 0. The number of benzene rings is 2. The number of allylic oxidation sites excluding steroid dienone is 4. The SMILES string of the molecule is CCOC(=O)C(CC)N(Cc1ccccc1)Cc1cccc(OCCN2C=CSC(C3=CC=CCC3)=C2)c1. The molecule has 2 aromatic carbocycles. The molecule has 6 heteroatoms. The smallest absolute Gasteiger partial charge is 0.323 e. The highest BCUT2D eigenvalue weighted by Crippen LogP contribution is 2.33. The van der Waals surface area contributed by atoms with Crippen LogP contribution in [0.1, 0.15) is 44.2 Å². The van der Waals surface area contributed by atoms with Gasteiger partial charge in [0.05, 0.1) is 13.2 Å². The number of carbonyl (C=O) groups excluding carboxylic acids is 1. The van der Waals surface area contributed by atoms with Crippen LogP contribution in [0, 0.1) is 0 Å². The van der Waals surface area contributed by atoms with Crippen molar-refractivity contribution in [3.63, 3.8) is 0 Å². The molecule has 0 N–H and O–H groups in total. The number of carbonyl (C=O) groups is 1. The fraction of sp³-hybridized carbons (Fsp3) is 0.344. The van der Waals surface area contributed by atoms with Crippen molar-refractivity contribution in [2.75, 3.05) is 19.8 Å². The predicted molar refractivity (Wildman–Crippen MR) is 156 cm³/mol. The van der Waals surface area contributed by atoms with Crippen LogP contribution in [0.15, 0.2) is 101 Å². The Balaban J connectivity index is 1.38. The number of nitrogens with zero attached hydrogens (tertiary/aromatic N) is 2. The number of thioether (sulfide) groups is 1. The molecule has 200 valence electrons. The minimum Gasteiger partial charge on any atom is -0.492 e. The lowest BCUT2D eigenvalue weighted by Gasteiger charge is -2.29. The summed E-state index contributed by atoms with van der Waals surface area (Å²) in [5.41, 5.74) is 3.67. The van der Waals surface area contributed by atoms with Crippen LogP contribution in [0.5, 0.6) is 5.75 Å². The Morgan fingerprint density at radius 3 is 2.66 bits per heavy atom. The first-order valence-electron chi connectivity index (χ1n) is 13.5. The summed E-state index contributed by atoms with van der Waals surface area (Å²) < 4.78 is 11.6. The van der Waals surface area contributed by atoms with Gasteiger partial charge in [0.15, 0.2) is 0 Å². The van der Waals surface area contributed by atoms with E-state index in [1.165, 1.54) is 16.0 Å². The summed E-state index contributed by atoms with van der Waals surface area (Å²) >= 11 is 1.78. The summed E-state index contributed by atoms with van der Waals surface area (Å²) in [5.74, 6) is 0.671. The van der Waals surface area contributed by atoms with Crippen molar-refractivity contribution in [1.82, 2.24) is 9.80 Å². The van der Waals surface area contributed by atoms with Gasteiger partial charge in [0, 0.05) is 30.4 Å². The van der Waals surface area contributed by atoms with Gasteiger partial charge in [0.2, 0.25) is 0 Å². The van der Waals surface area contributed by atoms with E-state index in [-0.39, 0.29) is 12.0 Å². The zero-order valence-electron chi connectivity index (χ0n) is 22.4. The molecule has 1 aliphatic carbocycles. The van der Waals surface area contributed by atoms with Crippen LogP contribution in [0.4, 0.5) is 0 Å². The van der Waals surface area contributed by atoms with Gasteiger partial charge in [-0.15, -0.1) is 0 Å². The number of ether oxygens (including phenoxy) is 2. The predicted octanol–water partition coefficient (Wildman–Crippen LogP) is 7.05. The van der Waals surface area contributed by atoms with E-state index in [9.17, 15) is 4.79 Å². The molecular weight excluding hydrogens is 492 g/mol. The molecule has 5 nitrogen and oxygen atoms in total. The molecular formula is C32H38N2O3S. The average Bonchev–Trinajstić information content (AvgIpc) is 2.95. The molecule has 0 saturated heterocycles. The third-order valence-corrected chi connectivity index (χ3v) is 7.46. The van der Waals surface area contributed by atoms with E-state index in [2.05, 4.69) is 70.1 Å². The van der Waals surface area contributed by atoms with Gasteiger partial charge in [-0.05, 0) is 60.4 Å². The third-order valence-electron chi connectivity index (χ3n) is 6.58.